The summed E-state index contributed by atoms with van der Waals surface area (Å²) in [5.74, 6) is 0.291. The summed E-state index contributed by atoms with van der Waals surface area (Å²) in [5.41, 5.74) is 6.41. The van der Waals surface area contributed by atoms with Gasteiger partial charge in [0.15, 0.2) is 0 Å². The van der Waals surface area contributed by atoms with Crippen molar-refractivity contribution in [3.8, 4) is 5.69 Å². The molecule has 66 valence electrons. The van der Waals surface area contributed by atoms with Crippen molar-refractivity contribution < 1.29 is 0 Å². The van der Waals surface area contributed by atoms with Crippen LogP contribution in [0.15, 0.2) is 30.6 Å². The highest BCUT2D eigenvalue weighted by molar-refractivity contribution is 14.1. The second-order valence-corrected chi connectivity index (χ2v) is 3.66. The fraction of sp³-hybridized carbons (Fsp3) is 0. The molecular formula is C8H7IN4. The minimum absolute atomic E-state index is 0.291. The molecule has 0 atom stereocenters. The third-order valence-corrected chi connectivity index (χ3v) is 2.52. The number of aromatic nitrogens is 3. The topological polar surface area (TPSA) is 56.7 Å². The van der Waals surface area contributed by atoms with Gasteiger partial charge in [-0.2, -0.15) is 0 Å². The molecule has 0 unspecified atom stereocenters. The molecule has 0 saturated heterocycles. The van der Waals surface area contributed by atoms with Gasteiger partial charge < -0.3 is 5.73 Å². The standard InChI is InChI=1S/C8H7IN4/c9-6-3-1-2-4-7(6)13-5-11-8(10)12-13/h1-5H,(H2,10,12). The minimum Gasteiger partial charge on any atom is -0.366 e. The van der Waals surface area contributed by atoms with E-state index in [0.29, 0.717) is 5.95 Å². The predicted octanol–water partition coefficient (Wildman–Crippen LogP) is 1.45. The van der Waals surface area contributed by atoms with E-state index in [1.54, 1.807) is 11.0 Å². The Labute approximate surface area is 88.9 Å². The second kappa shape index (κ2) is 3.33. The number of anilines is 1. The molecule has 5 heteroatoms. The van der Waals surface area contributed by atoms with Crippen molar-refractivity contribution in [1.29, 1.82) is 0 Å². The van der Waals surface area contributed by atoms with E-state index in [4.69, 9.17) is 5.73 Å². The maximum atomic E-state index is 5.42. The molecular weight excluding hydrogens is 279 g/mol. The Morgan fingerprint density at radius 3 is 2.69 bits per heavy atom. The number of hydrogen-bond donors (Lipinski definition) is 1. The van der Waals surface area contributed by atoms with Crippen molar-refractivity contribution in [3.63, 3.8) is 0 Å². The van der Waals surface area contributed by atoms with Gasteiger partial charge in [-0.25, -0.2) is 9.67 Å². The number of hydrogen-bond acceptors (Lipinski definition) is 3. The first-order valence-electron chi connectivity index (χ1n) is 3.69. The maximum absolute atomic E-state index is 5.42. The van der Waals surface area contributed by atoms with Crippen LogP contribution in [0.5, 0.6) is 0 Å². The lowest BCUT2D eigenvalue weighted by Crippen LogP contribution is -1.98. The van der Waals surface area contributed by atoms with Crippen molar-refractivity contribution in [1.82, 2.24) is 14.8 Å². The van der Waals surface area contributed by atoms with E-state index in [9.17, 15) is 0 Å². The van der Waals surface area contributed by atoms with Crippen molar-refractivity contribution in [2.45, 2.75) is 0 Å². The zero-order chi connectivity index (χ0) is 9.26. The van der Waals surface area contributed by atoms with Crippen LogP contribution < -0.4 is 5.73 Å². The van der Waals surface area contributed by atoms with Crippen LogP contribution in [-0.4, -0.2) is 14.8 Å². The molecule has 2 aromatic rings. The summed E-state index contributed by atoms with van der Waals surface area (Å²) in [4.78, 5) is 3.86. The molecule has 0 aliphatic carbocycles. The SMILES string of the molecule is Nc1ncn(-c2ccccc2I)n1. The molecule has 2 rings (SSSR count). The molecule has 0 saturated carbocycles. The average molecular weight is 286 g/mol. The molecule has 0 bridgehead atoms. The first kappa shape index (κ1) is 8.49. The number of rotatable bonds is 1. The highest BCUT2D eigenvalue weighted by Crippen LogP contribution is 2.15. The van der Waals surface area contributed by atoms with Crippen LogP contribution >= 0.6 is 22.6 Å². The molecule has 1 heterocycles. The van der Waals surface area contributed by atoms with Crippen molar-refractivity contribution in [2.24, 2.45) is 0 Å². The maximum Gasteiger partial charge on any atom is 0.239 e. The van der Waals surface area contributed by atoms with E-state index in [1.165, 1.54) is 0 Å². The van der Waals surface area contributed by atoms with Gasteiger partial charge in [0.05, 0.1) is 5.69 Å². The van der Waals surface area contributed by atoms with Crippen molar-refractivity contribution >= 4 is 28.5 Å². The lowest BCUT2D eigenvalue weighted by atomic mass is 10.3. The fourth-order valence-corrected chi connectivity index (χ4v) is 1.66. The van der Waals surface area contributed by atoms with Gasteiger partial charge in [0, 0.05) is 3.57 Å². The van der Waals surface area contributed by atoms with E-state index in [2.05, 4.69) is 32.7 Å². The summed E-state index contributed by atoms with van der Waals surface area (Å²) < 4.78 is 2.78. The quantitative estimate of drug-likeness (QED) is 0.807. The normalized spacial score (nSPS) is 10.2. The summed E-state index contributed by atoms with van der Waals surface area (Å²) in [5, 5.41) is 4.02. The van der Waals surface area contributed by atoms with Crippen LogP contribution in [0.25, 0.3) is 5.69 Å². The fourth-order valence-electron chi connectivity index (χ4n) is 1.03. The third kappa shape index (κ3) is 1.64. The van der Waals surface area contributed by atoms with Gasteiger partial charge in [-0.05, 0) is 34.7 Å². The van der Waals surface area contributed by atoms with Gasteiger partial charge in [0.2, 0.25) is 5.95 Å². The molecule has 0 spiro atoms. The van der Waals surface area contributed by atoms with E-state index in [1.807, 2.05) is 24.3 Å². The largest absolute Gasteiger partial charge is 0.366 e. The highest BCUT2D eigenvalue weighted by Gasteiger charge is 2.02. The van der Waals surface area contributed by atoms with E-state index >= 15 is 0 Å². The zero-order valence-corrected chi connectivity index (χ0v) is 8.84. The smallest absolute Gasteiger partial charge is 0.239 e. The van der Waals surface area contributed by atoms with Gasteiger partial charge in [-0.1, -0.05) is 12.1 Å². The van der Waals surface area contributed by atoms with Crippen molar-refractivity contribution in [2.75, 3.05) is 5.73 Å². The Hall–Kier alpha value is -1.11. The molecule has 0 amide bonds. The summed E-state index contributed by atoms with van der Waals surface area (Å²) >= 11 is 2.24. The Balaban J connectivity index is 2.52. The number of halogens is 1. The molecule has 0 fully saturated rings. The van der Waals surface area contributed by atoms with Gasteiger partial charge in [0.1, 0.15) is 6.33 Å². The van der Waals surface area contributed by atoms with E-state index in [-0.39, 0.29) is 0 Å². The lowest BCUT2D eigenvalue weighted by Gasteiger charge is -2.01. The van der Waals surface area contributed by atoms with Crippen LogP contribution in [0.3, 0.4) is 0 Å². The monoisotopic (exact) mass is 286 g/mol. The van der Waals surface area contributed by atoms with E-state index in [0.717, 1.165) is 9.26 Å². The van der Waals surface area contributed by atoms with Gasteiger partial charge >= 0.3 is 0 Å². The highest BCUT2D eigenvalue weighted by atomic mass is 127. The first-order chi connectivity index (χ1) is 6.27. The first-order valence-corrected chi connectivity index (χ1v) is 4.77. The van der Waals surface area contributed by atoms with Crippen molar-refractivity contribution in [3.05, 3.63) is 34.2 Å². The number of para-hydroxylation sites is 1. The predicted molar refractivity (Wildman–Crippen MR) is 58.5 cm³/mol. The molecule has 2 N–H and O–H groups in total. The number of nitrogens with zero attached hydrogens (tertiary/aromatic N) is 3. The van der Waals surface area contributed by atoms with Crippen LogP contribution in [0.1, 0.15) is 0 Å². The van der Waals surface area contributed by atoms with Gasteiger partial charge in [-0.15, -0.1) is 5.10 Å². The second-order valence-electron chi connectivity index (χ2n) is 2.50. The summed E-state index contributed by atoms with van der Waals surface area (Å²) in [7, 11) is 0. The Bertz CT molecular complexity index is 424. The minimum atomic E-state index is 0.291. The van der Waals surface area contributed by atoms with Gasteiger partial charge in [0.25, 0.3) is 0 Å². The molecule has 1 aromatic heterocycles. The summed E-state index contributed by atoms with van der Waals surface area (Å²) in [6.07, 6.45) is 1.60. The molecule has 1 aromatic carbocycles. The number of benzene rings is 1. The van der Waals surface area contributed by atoms with Crippen LogP contribution in [0, 0.1) is 3.57 Å². The number of nitrogen functional groups attached to an aromatic ring is 1. The molecule has 0 aliphatic rings. The molecule has 0 aliphatic heterocycles. The summed E-state index contributed by atoms with van der Waals surface area (Å²) in [6, 6.07) is 7.91. The molecule has 0 radical (unpaired) electrons. The van der Waals surface area contributed by atoms with E-state index < -0.39 is 0 Å². The lowest BCUT2D eigenvalue weighted by molar-refractivity contribution is 0.878. The average Bonchev–Trinajstić information content (AvgIpc) is 2.53. The van der Waals surface area contributed by atoms with Crippen LogP contribution in [0.4, 0.5) is 5.95 Å². The Morgan fingerprint density at radius 1 is 1.31 bits per heavy atom. The molecule has 13 heavy (non-hydrogen) atoms. The summed E-state index contributed by atoms with van der Waals surface area (Å²) in [6.45, 7) is 0. The van der Waals surface area contributed by atoms with Crippen LogP contribution in [0.2, 0.25) is 0 Å². The number of nitrogens with two attached hydrogens (primary N) is 1. The Morgan fingerprint density at radius 2 is 2.08 bits per heavy atom. The van der Waals surface area contributed by atoms with Gasteiger partial charge in [-0.3, -0.25) is 0 Å². The van der Waals surface area contributed by atoms with Crippen LogP contribution in [-0.2, 0) is 0 Å². The molecule has 4 nitrogen and oxygen atoms in total. The Kier molecular flexibility index (Phi) is 2.17. The zero-order valence-electron chi connectivity index (χ0n) is 6.68. The third-order valence-electron chi connectivity index (χ3n) is 1.61.